The van der Waals surface area contributed by atoms with E-state index in [1.807, 2.05) is 0 Å². The van der Waals surface area contributed by atoms with Crippen molar-refractivity contribution in [2.24, 2.45) is 0 Å². The van der Waals surface area contributed by atoms with Crippen molar-refractivity contribution in [3.8, 4) is 0 Å². The van der Waals surface area contributed by atoms with Crippen molar-refractivity contribution in [3.63, 3.8) is 0 Å². The van der Waals surface area contributed by atoms with E-state index in [2.05, 4.69) is 25.6 Å². The summed E-state index contributed by atoms with van der Waals surface area (Å²) in [5, 5.41) is 0. The van der Waals surface area contributed by atoms with Crippen molar-refractivity contribution in [2.45, 2.75) is 4.90 Å². The number of anilines is 2. The molecule has 0 aliphatic heterocycles. The van der Waals surface area contributed by atoms with Gasteiger partial charge in [0.1, 0.15) is 0 Å². The van der Waals surface area contributed by atoms with Crippen LogP contribution in [0.15, 0.2) is 52.1 Å². The van der Waals surface area contributed by atoms with Crippen LogP contribution < -0.4 is 10.5 Å². The molecule has 7 heteroatoms. The van der Waals surface area contributed by atoms with Crippen LogP contribution in [0, 0.1) is 0 Å². The zero-order valence-corrected chi connectivity index (χ0v) is 11.6. The van der Waals surface area contributed by atoms with Gasteiger partial charge in [0.25, 0.3) is 10.0 Å². The number of nitrogens with two attached hydrogens (primary N) is 1. The van der Waals surface area contributed by atoms with Gasteiger partial charge in [0.2, 0.25) is 0 Å². The highest BCUT2D eigenvalue weighted by Gasteiger charge is 2.14. The molecular weight excluding hydrogens is 318 g/mol. The molecule has 5 nitrogen and oxygen atoms in total. The smallest absolute Gasteiger partial charge is 0.261 e. The van der Waals surface area contributed by atoms with E-state index in [9.17, 15) is 8.42 Å². The van der Waals surface area contributed by atoms with Gasteiger partial charge in [0.15, 0.2) is 0 Å². The third-order valence-electron chi connectivity index (χ3n) is 2.22. The van der Waals surface area contributed by atoms with Crippen molar-refractivity contribution in [3.05, 3.63) is 47.2 Å². The van der Waals surface area contributed by atoms with Gasteiger partial charge in [-0.15, -0.1) is 0 Å². The summed E-state index contributed by atoms with van der Waals surface area (Å²) in [6.45, 7) is 0. The number of nitrogens with zero attached hydrogens (tertiary/aromatic N) is 1. The highest BCUT2D eigenvalue weighted by Crippen LogP contribution is 2.21. The van der Waals surface area contributed by atoms with Gasteiger partial charge in [-0.25, -0.2) is 8.42 Å². The van der Waals surface area contributed by atoms with E-state index in [-0.39, 0.29) is 10.6 Å². The Morgan fingerprint density at radius 1 is 1.17 bits per heavy atom. The quantitative estimate of drug-likeness (QED) is 0.905. The number of nitrogen functional groups attached to an aromatic ring is 1. The monoisotopic (exact) mass is 327 g/mol. The summed E-state index contributed by atoms with van der Waals surface area (Å²) in [7, 11) is -3.63. The minimum atomic E-state index is -3.63. The van der Waals surface area contributed by atoms with Crippen LogP contribution in [0.1, 0.15) is 0 Å². The first-order valence-electron chi connectivity index (χ1n) is 4.97. The number of nitrogens with one attached hydrogen (secondary N) is 1. The Bertz CT molecular complexity index is 656. The molecule has 94 valence electrons. The Labute approximate surface area is 113 Å². The van der Waals surface area contributed by atoms with Gasteiger partial charge in [-0.2, -0.15) is 0 Å². The van der Waals surface area contributed by atoms with Crippen LogP contribution in [0.3, 0.4) is 0 Å². The lowest BCUT2D eigenvalue weighted by molar-refractivity contribution is 0.601. The maximum absolute atomic E-state index is 12.1. The maximum atomic E-state index is 12.1. The highest BCUT2D eigenvalue weighted by atomic mass is 79.9. The molecule has 0 fully saturated rings. The predicted octanol–water partition coefficient (Wildman–Crippen LogP) is 2.23. The largest absolute Gasteiger partial charge is 0.396 e. The van der Waals surface area contributed by atoms with Gasteiger partial charge in [-0.3, -0.25) is 9.71 Å². The molecule has 0 saturated carbocycles. The van der Waals surface area contributed by atoms with Crippen LogP contribution in [-0.2, 0) is 10.0 Å². The summed E-state index contributed by atoms with van der Waals surface area (Å²) in [5.74, 6) is 0. The molecule has 1 aromatic carbocycles. The fourth-order valence-electron chi connectivity index (χ4n) is 1.32. The van der Waals surface area contributed by atoms with Crippen molar-refractivity contribution in [1.82, 2.24) is 4.98 Å². The number of benzene rings is 1. The van der Waals surface area contributed by atoms with Gasteiger partial charge >= 0.3 is 0 Å². The van der Waals surface area contributed by atoms with Crippen LogP contribution in [0.25, 0.3) is 0 Å². The lowest BCUT2D eigenvalue weighted by Gasteiger charge is -2.09. The Kier molecular flexibility index (Phi) is 3.53. The summed E-state index contributed by atoms with van der Waals surface area (Å²) in [5.41, 5.74) is 6.22. The standard InChI is InChI=1S/C11H10BrN3O2S/c12-8-1-3-9(4-2-8)18(16,17)15-11-5-6-14-7-10(11)13/h1-7H,13H2,(H,14,15). The van der Waals surface area contributed by atoms with E-state index in [0.717, 1.165) is 4.47 Å². The zero-order valence-electron chi connectivity index (χ0n) is 9.17. The number of halogens is 1. The number of sulfonamides is 1. The second-order valence-corrected chi connectivity index (χ2v) is 6.12. The number of rotatable bonds is 3. The Morgan fingerprint density at radius 3 is 2.44 bits per heavy atom. The normalized spacial score (nSPS) is 11.2. The minimum absolute atomic E-state index is 0.168. The topological polar surface area (TPSA) is 85.1 Å². The van der Waals surface area contributed by atoms with Gasteiger partial charge < -0.3 is 5.73 Å². The first-order chi connectivity index (χ1) is 8.49. The molecule has 0 radical (unpaired) electrons. The van der Waals surface area contributed by atoms with E-state index in [4.69, 9.17) is 5.73 Å². The van der Waals surface area contributed by atoms with E-state index in [0.29, 0.717) is 5.69 Å². The van der Waals surface area contributed by atoms with Gasteiger partial charge in [-0.1, -0.05) is 15.9 Å². The van der Waals surface area contributed by atoms with Gasteiger partial charge in [0.05, 0.1) is 22.5 Å². The lowest BCUT2D eigenvalue weighted by atomic mass is 10.4. The van der Waals surface area contributed by atoms with Crippen LogP contribution in [0.5, 0.6) is 0 Å². The minimum Gasteiger partial charge on any atom is -0.396 e. The summed E-state index contributed by atoms with van der Waals surface area (Å²) in [6.07, 6.45) is 2.86. The molecule has 2 rings (SSSR count). The Balaban J connectivity index is 2.33. The Morgan fingerprint density at radius 2 is 1.83 bits per heavy atom. The fraction of sp³-hybridized carbons (Fsp3) is 0. The number of aromatic nitrogens is 1. The molecule has 0 aliphatic rings. The van der Waals surface area contributed by atoms with Crippen molar-refractivity contribution >= 4 is 37.3 Å². The third-order valence-corrected chi connectivity index (χ3v) is 4.13. The first-order valence-corrected chi connectivity index (χ1v) is 7.24. The van der Waals surface area contributed by atoms with Gasteiger partial charge in [-0.05, 0) is 30.3 Å². The molecule has 1 heterocycles. The molecule has 0 saturated heterocycles. The van der Waals surface area contributed by atoms with Crippen molar-refractivity contribution in [2.75, 3.05) is 10.5 Å². The zero-order chi connectivity index (χ0) is 13.2. The molecule has 0 unspecified atom stereocenters. The highest BCUT2D eigenvalue weighted by molar-refractivity contribution is 9.10. The molecule has 0 spiro atoms. The number of hydrogen-bond acceptors (Lipinski definition) is 4. The summed E-state index contributed by atoms with van der Waals surface area (Å²) in [6, 6.07) is 7.83. The molecule has 0 bridgehead atoms. The van der Waals surface area contributed by atoms with Crippen molar-refractivity contribution in [1.29, 1.82) is 0 Å². The number of pyridine rings is 1. The molecule has 0 aliphatic carbocycles. The van der Waals surface area contributed by atoms with E-state index >= 15 is 0 Å². The number of hydrogen-bond donors (Lipinski definition) is 2. The molecule has 1 aromatic heterocycles. The average molecular weight is 328 g/mol. The van der Waals surface area contributed by atoms with E-state index in [1.54, 1.807) is 12.1 Å². The summed E-state index contributed by atoms with van der Waals surface area (Å²) in [4.78, 5) is 3.96. The first kappa shape index (κ1) is 12.8. The van der Waals surface area contributed by atoms with Crippen LogP contribution in [-0.4, -0.2) is 13.4 Å². The molecule has 0 atom stereocenters. The predicted molar refractivity (Wildman–Crippen MR) is 73.6 cm³/mol. The average Bonchev–Trinajstić information content (AvgIpc) is 2.32. The molecule has 0 amide bonds. The molecule has 2 aromatic rings. The van der Waals surface area contributed by atoms with E-state index < -0.39 is 10.0 Å². The van der Waals surface area contributed by atoms with E-state index in [1.165, 1.54) is 30.6 Å². The van der Waals surface area contributed by atoms with Crippen LogP contribution in [0.4, 0.5) is 11.4 Å². The van der Waals surface area contributed by atoms with Gasteiger partial charge in [0, 0.05) is 10.7 Å². The fourth-order valence-corrected chi connectivity index (χ4v) is 2.67. The van der Waals surface area contributed by atoms with Crippen LogP contribution in [0.2, 0.25) is 0 Å². The van der Waals surface area contributed by atoms with Crippen LogP contribution >= 0.6 is 15.9 Å². The second kappa shape index (κ2) is 4.95. The molecular formula is C11H10BrN3O2S. The third kappa shape index (κ3) is 2.80. The molecule has 3 N–H and O–H groups in total. The Hall–Kier alpha value is -1.60. The summed E-state index contributed by atoms with van der Waals surface area (Å²) < 4.78 is 27.3. The SMILES string of the molecule is Nc1cnccc1NS(=O)(=O)c1ccc(Br)cc1. The second-order valence-electron chi connectivity index (χ2n) is 3.52. The molecule has 18 heavy (non-hydrogen) atoms. The maximum Gasteiger partial charge on any atom is 0.261 e. The summed E-state index contributed by atoms with van der Waals surface area (Å²) >= 11 is 3.25. The van der Waals surface area contributed by atoms with Crippen molar-refractivity contribution < 1.29 is 8.42 Å². The lowest BCUT2D eigenvalue weighted by Crippen LogP contribution is -2.14.